The zero-order valence-electron chi connectivity index (χ0n) is 41.0. The molecule has 1 aliphatic carbocycles. The number of carbonyl (C=O) groups is 8. The third kappa shape index (κ3) is 14.0. The Balaban J connectivity index is 0.000000273. The van der Waals surface area contributed by atoms with Crippen LogP contribution in [0.3, 0.4) is 0 Å². The molecule has 0 unspecified atom stereocenters. The van der Waals surface area contributed by atoms with Gasteiger partial charge in [0.05, 0.1) is 23.1 Å². The number of Topliss-reactive ketones (excluding diaryl/α,β-unsaturated/α-hetero) is 2. The number of aromatic nitrogens is 2. The van der Waals surface area contributed by atoms with Crippen molar-refractivity contribution in [2.75, 3.05) is 40.5 Å². The van der Waals surface area contributed by atoms with Crippen molar-refractivity contribution in [2.24, 2.45) is 0 Å². The molecule has 2 saturated heterocycles. The molecule has 0 bridgehead atoms. The Hall–Kier alpha value is -6.94. The predicted octanol–water partition coefficient (Wildman–Crippen LogP) is 2.20. The zero-order chi connectivity index (χ0) is 54.3. The molecule has 0 spiro atoms. The van der Waals surface area contributed by atoms with Gasteiger partial charge in [-0.15, -0.1) is 11.8 Å². The van der Waals surface area contributed by atoms with Crippen molar-refractivity contribution in [3.63, 3.8) is 0 Å². The number of ether oxygens (including phenoxy) is 2. The summed E-state index contributed by atoms with van der Waals surface area (Å²) in [6.45, 7) is 7.03. The molecule has 2 aromatic carbocycles. The third-order valence-electron chi connectivity index (χ3n) is 11.1. The van der Waals surface area contributed by atoms with Gasteiger partial charge in [0.25, 0.3) is 26.0 Å². The summed E-state index contributed by atoms with van der Waals surface area (Å²) in [4.78, 5) is 109. The number of carbonyl (C=O) groups excluding carboxylic acids is 6. The molecule has 27 heteroatoms. The van der Waals surface area contributed by atoms with Gasteiger partial charge in [-0.05, 0) is 82.5 Å². The first kappa shape index (κ1) is 57.0. The van der Waals surface area contributed by atoms with E-state index in [2.05, 4.69) is 20.6 Å². The van der Waals surface area contributed by atoms with Crippen LogP contribution in [0.4, 0.5) is 9.59 Å². The zero-order valence-corrected chi connectivity index (χ0v) is 43.4. The van der Waals surface area contributed by atoms with Gasteiger partial charge in [-0.1, -0.05) is 29.8 Å². The van der Waals surface area contributed by atoms with Gasteiger partial charge in [-0.25, -0.2) is 45.3 Å². The van der Waals surface area contributed by atoms with E-state index >= 15 is 0 Å². The van der Waals surface area contributed by atoms with E-state index in [4.69, 9.17) is 9.47 Å². The number of aromatic amines is 1. The summed E-state index contributed by atoms with van der Waals surface area (Å²) in [5.74, 6) is -6.29. The molecule has 73 heavy (non-hydrogen) atoms. The topological polar surface area (TPSA) is 329 Å². The highest BCUT2D eigenvalue weighted by molar-refractivity contribution is 8.01. The SMILES string of the molecule is Cc1ccc(S(=O)(=O)N(C(=O)[C@H]2NC(C)(C)CS2)[C@H](C(=O)O)C(=O)C2=CC=C(OC(=O)N(C)C)CC2=O)cc1.Cc1ncc(S(=O)(=O)N2CCC[C@H]2C(=O)N[C@@H](Cc2ccc(OC(=O)N(C)C)cc2)C(=O)O)[nH]1. The Morgan fingerprint density at radius 1 is 0.890 bits per heavy atom. The number of thioether (sulfide) groups is 1. The van der Waals surface area contributed by atoms with E-state index in [9.17, 15) is 65.4 Å². The van der Waals surface area contributed by atoms with E-state index in [0.29, 0.717) is 34.9 Å². The number of carboxylic acid groups (broad SMARTS) is 2. The minimum Gasteiger partial charge on any atom is -0.480 e. The van der Waals surface area contributed by atoms with Gasteiger partial charge in [0.15, 0.2) is 10.8 Å². The Kier molecular flexibility index (Phi) is 18.2. The second-order valence-electron chi connectivity index (χ2n) is 18.0. The standard InChI is InChI=1S/C25H29N3O9S2.C21H27N5O7S/c1-14-6-9-16(10-7-14)39(35,36)28(22(31)21-26-25(2,3)13-38-21)19(23(32)33)20(30)17-11-8-15(12-18(17)29)37-24(34)27(4)5;1-13-22-12-18(23-13)34(31,32)26-10-4-5-17(26)19(27)24-16(20(28)29)11-14-6-8-15(9-7-14)33-21(30)25(2)3/h6-11,19,21,26H,12-13H2,1-5H3,(H,32,33);6-9,12,16-17H,4-5,10-11H2,1-3H3,(H,22,23)(H,24,27)(H,28,29)/t19-,21-;16-,17-/m00/s1. The van der Waals surface area contributed by atoms with E-state index in [1.807, 2.05) is 0 Å². The van der Waals surface area contributed by atoms with E-state index < -0.39 is 113 Å². The van der Waals surface area contributed by atoms with Crippen LogP contribution in [0.25, 0.3) is 0 Å². The molecule has 3 aromatic rings. The van der Waals surface area contributed by atoms with Gasteiger partial charge in [0.1, 0.15) is 34.8 Å². The number of aliphatic carboxylic acids is 2. The molecular formula is C46H56N8O16S3. The Bertz CT molecular complexity index is 2930. The predicted molar refractivity (Wildman–Crippen MR) is 261 cm³/mol. The van der Waals surface area contributed by atoms with Crippen molar-refractivity contribution in [1.82, 2.24) is 39.0 Å². The number of benzene rings is 2. The van der Waals surface area contributed by atoms with Gasteiger partial charge < -0.3 is 39.8 Å². The lowest BCUT2D eigenvalue weighted by Gasteiger charge is -2.30. The molecule has 2 aliphatic heterocycles. The number of imidazole rings is 1. The van der Waals surface area contributed by atoms with Crippen LogP contribution in [0.1, 0.15) is 50.1 Å². The number of H-pyrrole nitrogens is 1. The summed E-state index contributed by atoms with van der Waals surface area (Å²) in [7, 11) is -2.92. The average Bonchev–Trinajstić information content (AvgIpc) is 4.09. The normalized spacial score (nSPS) is 18.4. The Morgan fingerprint density at radius 2 is 1.51 bits per heavy atom. The first-order valence-electron chi connectivity index (χ1n) is 22.2. The number of rotatable bonds is 16. The largest absolute Gasteiger partial charge is 0.480 e. The first-order chi connectivity index (χ1) is 34.0. The molecule has 4 atom stereocenters. The molecule has 4 amide bonds. The molecule has 2 fully saturated rings. The minimum atomic E-state index is -4.87. The van der Waals surface area contributed by atoms with Crippen LogP contribution in [-0.4, -0.2) is 172 Å². The van der Waals surface area contributed by atoms with Crippen LogP contribution >= 0.6 is 11.8 Å². The molecule has 394 valence electrons. The fraction of sp³-hybridized carbons (Fsp3) is 0.413. The fourth-order valence-corrected chi connectivity index (χ4v) is 11.8. The molecular weight excluding hydrogens is 1020 g/mol. The van der Waals surface area contributed by atoms with Crippen molar-refractivity contribution in [3.8, 4) is 5.75 Å². The van der Waals surface area contributed by atoms with Crippen molar-refractivity contribution >= 4 is 79.3 Å². The third-order valence-corrected chi connectivity index (χ3v) is 16.2. The molecule has 3 heterocycles. The highest BCUT2D eigenvalue weighted by atomic mass is 32.2. The lowest BCUT2D eigenvalue weighted by molar-refractivity contribution is -0.149. The highest BCUT2D eigenvalue weighted by Crippen LogP contribution is 2.32. The van der Waals surface area contributed by atoms with Crippen LogP contribution in [-0.2, 0) is 60.0 Å². The van der Waals surface area contributed by atoms with E-state index in [1.54, 1.807) is 53.9 Å². The maximum Gasteiger partial charge on any atom is 0.414 e. The monoisotopic (exact) mass is 1070 g/mol. The summed E-state index contributed by atoms with van der Waals surface area (Å²) in [5.41, 5.74) is 0.0838. The summed E-state index contributed by atoms with van der Waals surface area (Å²) in [6.07, 6.45) is 2.12. The maximum atomic E-state index is 13.7. The Morgan fingerprint density at radius 3 is 2.03 bits per heavy atom. The van der Waals surface area contributed by atoms with Crippen molar-refractivity contribution in [3.05, 3.63) is 95.2 Å². The smallest absolute Gasteiger partial charge is 0.414 e. The van der Waals surface area contributed by atoms with Crippen LogP contribution in [0.2, 0.25) is 0 Å². The van der Waals surface area contributed by atoms with E-state index in [0.717, 1.165) is 33.1 Å². The number of hydrogen-bond donors (Lipinski definition) is 5. The molecule has 5 N–H and O–H groups in total. The molecule has 24 nitrogen and oxygen atoms in total. The number of allylic oxidation sites excluding steroid dienone is 3. The summed E-state index contributed by atoms with van der Waals surface area (Å²) < 4.78 is 64.6. The van der Waals surface area contributed by atoms with Gasteiger partial charge in [0, 0.05) is 52.4 Å². The summed E-state index contributed by atoms with van der Waals surface area (Å²) >= 11 is 1.07. The second kappa shape index (κ2) is 23.3. The average molecular weight is 1070 g/mol. The maximum absolute atomic E-state index is 13.7. The Labute approximate surface area is 425 Å². The number of nitrogens with zero attached hydrogens (tertiary/aromatic N) is 5. The number of aryl methyl sites for hydroxylation is 2. The molecule has 0 saturated carbocycles. The minimum absolute atomic E-state index is 0.0395. The van der Waals surface area contributed by atoms with Gasteiger partial charge in [-0.2, -0.15) is 4.31 Å². The number of nitrogens with one attached hydrogen (secondary N) is 3. The van der Waals surface area contributed by atoms with Gasteiger partial charge in [-0.3, -0.25) is 24.5 Å². The molecule has 3 aliphatic rings. The van der Waals surface area contributed by atoms with Crippen LogP contribution < -0.4 is 15.4 Å². The van der Waals surface area contributed by atoms with Crippen molar-refractivity contribution in [2.45, 2.75) is 92.3 Å². The highest BCUT2D eigenvalue weighted by Gasteiger charge is 2.50. The number of sulfonamides is 2. The van der Waals surface area contributed by atoms with Crippen LogP contribution in [0.5, 0.6) is 5.75 Å². The molecule has 1 aromatic heterocycles. The van der Waals surface area contributed by atoms with E-state index in [1.165, 1.54) is 61.6 Å². The van der Waals surface area contributed by atoms with Crippen molar-refractivity contribution in [1.29, 1.82) is 0 Å². The lowest BCUT2D eigenvalue weighted by atomic mass is 9.94. The number of hydrogen-bond acceptors (Lipinski definition) is 17. The number of carboxylic acids is 2. The summed E-state index contributed by atoms with van der Waals surface area (Å²) in [6, 6.07) is 6.69. The van der Waals surface area contributed by atoms with E-state index in [-0.39, 0.29) is 34.5 Å². The first-order valence-corrected chi connectivity index (χ1v) is 26.2. The molecule has 6 rings (SSSR count). The second-order valence-corrected chi connectivity index (χ2v) is 22.7. The van der Waals surface area contributed by atoms with Crippen LogP contribution in [0, 0.1) is 13.8 Å². The van der Waals surface area contributed by atoms with Crippen LogP contribution in [0.15, 0.2) is 88.1 Å². The van der Waals surface area contributed by atoms with Gasteiger partial charge in [0.2, 0.25) is 17.7 Å². The van der Waals surface area contributed by atoms with Gasteiger partial charge >= 0.3 is 24.1 Å². The lowest BCUT2D eigenvalue weighted by Crippen LogP contribution is -2.58. The number of amides is 4. The quantitative estimate of drug-likeness (QED) is 0.101. The fourth-order valence-electron chi connectivity index (χ4n) is 7.26. The van der Waals surface area contributed by atoms with Crippen molar-refractivity contribution < 1.29 is 74.9 Å². The summed E-state index contributed by atoms with van der Waals surface area (Å²) in [5, 5.41) is 23.9. The molecule has 0 radical (unpaired) electrons. The number of ketones is 2.